The summed E-state index contributed by atoms with van der Waals surface area (Å²) in [7, 11) is 0. The lowest BCUT2D eigenvalue weighted by atomic mass is 9.74. The summed E-state index contributed by atoms with van der Waals surface area (Å²) in [5.41, 5.74) is 2.84. The van der Waals surface area contributed by atoms with Crippen molar-refractivity contribution in [1.29, 1.82) is 0 Å². The van der Waals surface area contributed by atoms with Crippen molar-refractivity contribution in [3.8, 4) is 5.75 Å². The topological polar surface area (TPSA) is 32.7 Å². The molecule has 1 saturated heterocycles. The maximum Gasteiger partial charge on any atom is 0.134 e. The summed E-state index contributed by atoms with van der Waals surface area (Å²) in [6.07, 6.45) is 4.61. The quantitative estimate of drug-likeness (QED) is 0.667. The maximum atomic E-state index is 9.59. The Morgan fingerprint density at radius 3 is 2.48 bits per heavy atom. The molecule has 3 nitrogen and oxygen atoms in total. The number of benzene rings is 2. The van der Waals surface area contributed by atoms with E-state index in [1.54, 1.807) is 6.07 Å². The predicted molar refractivity (Wildman–Crippen MR) is 111 cm³/mol. The van der Waals surface area contributed by atoms with Crippen LogP contribution in [0.1, 0.15) is 37.3 Å². The van der Waals surface area contributed by atoms with E-state index in [-0.39, 0.29) is 11.2 Å². The number of ether oxygens (including phenoxy) is 1. The van der Waals surface area contributed by atoms with Crippen molar-refractivity contribution in [1.82, 2.24) is 4.90 Å². The fraction of sp³-hybridized carbons (Fsp3) is 0.478. The Balaban J connectivity index is 1.58. The minimum Gasteiger partial charge on any atom is -0.506 e. The van der Waals surface area contributed by atoms with Crippen LogP contribution in [0.3, 0.4) is 0 Å². The number of aromatic hydroxyl groups is 1. The summed E-state index contributed by atoms with van der Waals surface area (Å²) in [6, 6.07) is 16.3. The highest BCUT2D eigenvalue weighted by Crippen LogP contribution is 2.37. The van der Waals surface area contributed by atoms with Crippen LogP contribution in [-0.4, -0.2) is 36.3 Å². The number of rotatable bonds is 8. The molecule has 1 heterocycles. The van der Waals surface area contributed by atoms with Gasteiger partial charge in [-0.25, -0.2) is 0 Å². The van der Waals surface area contributed by atoms with Crippen LogP contribution in [0.2, 0.25) is 5.02 Å². The minimum absolute atomic E-state index is 0.149. The van der Waals surface area contributed by atoms with Gasteiger partial charge < -0.3 is 9.84 Å². The van der Waals surface area contributed by atoms with Crippen molar-refractivity contribution in [2.24, 2.45) is 5.41 Å². The molecule has 1 N–H and O–H groups in total. The van der Waals surface area contributed by atoms with Crippen LogP contribution >= 0.6 is 11.6 Å². The third kappa shape index (κ3) is 5.71. The van der Waals surface area contributed by atoms with E-state index in [0.29, 0.717) is 5.02 Å². The summed E-state index contributed by atoms with van der Waals surface area (Å²) in [5, 5.41) is 10.0. The van der Waals surface area contributed by atoms with Gasteiger partial charge in [-0.3, -0.25) is 4.90 Å². The molecular weight excluding hydrogens is 358 g/mol. The third-order valence-corrected chi connectivity index (χ3v) is 6.04. The molecule has 3 rings (SSSR count). The molecule has 27 heavy (non-hydrogen) atoms. The summed E-state index contributed by atoms with van der Waals surface area (Å²) in [5.74, 6) is 0.149. The molecule has 2 aromatic carbocycles. The number of phenols is 1. The van der Waals surface area contributed by atoms with Gasteiger partial charge in [0.05, 0.1) is 11.6 Å². The highest BCUT2D eigenvalue weighted by Gasteiger charge is 2.34. The van der Waals surface area contributed by atoms with Gasteiger partial charge in [0, 0.05) is 13.2 Å². The SMILES string of the molecule is CCOCC1(CCc2ccccc2)CCN(Cc2ccc(O)c(Cl)c2)CC1. The van der Waals surface area contributed by atoms with Crippen molar-refractivity contribution < 1.29 is 9.84 Å². The zero-order valence-electron chi connectivity index (χ0n) is 16.2. The number of piperidine rings is 1. The van der Waals surface area contributed by atoms with E-state index in [9.17, 15) is 5.11 Å². The second-order valence-corrected chi connectivity index (χ2v) is 8.09. The summed E-state index contributed by atoms with van der Waals surface area (Å²) >= 11 is 6.05. The predicted octanol–water partition coefficient (Wildman–Crippen LogP) is 5.30. The van der Waals surface area contributed by atoms with Gasteiger partial charge in [0.15, 0.2) is 0 Å². The molecule has 0 unspecified atom stereocenters. The lowest BCUT2D eigenvalue weighted by Gasteiger charge is -2.42. The van der Waals surface area contributed by atoms with Gasteiger partial charge in [-0.15, -0.1) is 0 Å². The number of halogens is 1. The van der Waals surface area contributed by atoms with Crippen LogP contribution in [-0.2, 0) is 17.7 Å². The van der Waals surface area contributed by atoms with Gasteiger partial charge in [-0.05, 0) is 74.4 Å². The number of nitrogens with zero attached hydrogens (tertiary/aromatic N) is 1. The van der Waals surface area contributed by atoms with E-state index < -0.39 is 0 Å². The standard InChI is InChI=1S/C23H30ClNO2/c1-2-27-18-23(11-10-19-6-4-3-5-7-19)12-14-25(15-13-23)17-20-8-9-22(26)21(24)16-20/h3-9,16,26H,2,10-15,17-18H2,1H3. The molecule has 0 aromatic heterocycles. The molecule has 146 valence electrons. The number of aryl methyl sites for hydroxylation is 1. The molecule has 1 aliphatic rings. The Morgan fingerprint density at radius 2 is 1.81 bits per heavy atom. The summed E-state index contributed by atoms with van der Waals surface area (Å²) in [6.45, 7) is 6.73. The first kappa shape index (κ1) is 20.2. The summed E-state index contributed by atoms with van der Waals surface area (Å²) in [4.78, 5) is 2.48. The molecule has 1 fully saturated rings. The lowest BCUT2D eigenvalue weighted by molar-refractivity contribution is -0.00232. The van der Waals surface area contributed by atoms with Crippen molar-refractivity contribution in [2.75, 3.05) is 26.3 Å². The fourth-order valence-corrected chi connectivity index (χ4v) is 4.13. The normalized spacial score (nSPS) is 17.1. The van der Waals surface area contributed by atoms with Crippen molar-refractivity contribution >= 4 is 11.6 Å². The highest BCUT2D eigenvalue weighted by atomic mass is 35.5. The van der Waals surface area contributed by atoms with Crippen LogP contribution in [0.5, 0.6) is 5.75 Å². The average Bonchev–Trinajstić information content (AvgIpc) is 2.70. The van der Waals surface area contributed by atoms with Gasteiger partial charge in [0.1, 0.15) is 5.75 Å². The fourth-order valence-electron chi connectivity index (χ4n) is 3.93. The Morgan fingerprint density at radius 1 is 1.07 bits per heavy atom. The molecule has 0 saturated carbocycles. The average molecular weight is 388 g/mol. The molecule has 4 heteroatoms. The van der Waals surface area contributed by atoms with Gasteiger partial charge in [-0.1, -0.05) is 48.0 Å². The molecule has 0 bridgehead atoms. The smallest absolute Gasteiger partial charge is 0.134 e. The second kappa shape index (κ2) is 9.59. The first-order valence-corrected chi connectivity index (χ1v) is 10.3. The van der Waals surface area contributed by atoms with E-state index in [1.165, 1.54) is 12.0 Å². The van der Waals surface area contributed by atoms with Crippen LogP contribution < -0.4 is 0 Å². The van der Waals surface area contributed by atoms with E-state index in [1.807, 2.05) is 12.1 Å². The maximum absolute atomic E-state index is 9.59. The number of hydrogen-bond acceptors (Lipinski definition) is 3. The molecule has 0 amide bonds. The molecule has 0 aliphatic carbocycles. The molecule has 0 radical (unpaired) electrons. The zero-order valence-corrected chi connectivity index (χ0v) is 16.9. The van der Waals surface area contributed by atoms with E-state index in [4.69, 9.17) is 16.3 Å². The Labute approximate surface area is 167 Å². The van der Waals surface area contributed by atoms with Gasteiger partial charge >= 0.3 is 0 Å². The number of phenolic OH excluding ortho intramolecular Hbond substituents is 1. The van der Waals surface area contributed by atoms with Crippen molar-refractivity contribution in [3.63, 3.8) is 0 Å². The first-order valence-electron chi connectivity index (χ1n) is 9.92. The molecule has 1 aliphatic heterocycles. The molecule has 0 spiro atoms. The van der Waals surface area contributed by atoms with Gasteiger partial charge in [0.2, 0.25) is 0 Å². The Kier molecular flexibility index (Phi) is 7.17. The van der Waals surface area contributed by atoms with Gasteiger partial charge in [-0.2, -0.15) is 0 Å². The number of hydrogen-bond donors (Lipinski definition) is 1. The van der Waals surface area contributed by atoms with Crippen molar-refractivity contribution in [3.05, 3.63) is 64.7 Å². The Bertz CT molecular complexity index is 712. The minimum atomic E-state index is 0.149. The summed E-state index contributed by atoms with van der Waals surface area (Å²) < 4.78 is 5.88. The largest absolute Gasteiger partial charge is 0.506 e. The van der Waals surface area contributed by atoms with E-state index in [2.05, 4.69) is 42.2 Å². The first-order chi connectivity index (χ1) is 13.1. The third-order valence-electron chi connectivity index (χ3n) is 5.73. The zero-order chi connectivity index (χ0) is 19.1. The van der Waals surface area contributed by atoms with E-state index in [0.717, 1.165) is 57.7 Å². The van der Waals surface area contributed by atoms with E-state index >= 15 is 0 Å². The van der Waals surface area contributed by atoms with Crippen LogP contribution in [0.25, 0.3) is 0 Å². The molecular formula is C23H30ClNO2. The van der Waals surface area contributed by atoms with Crippen LogP contribution in [0, 0.1) is 5.41 Å². The highest BCUT2D eigenvalue weighted by molar-refractivity contribution is 6.32. The number of likely N-dealkylation sites (tertiary alicyclic amines) is 1. The van der Waals surface area contributed by atoms with Crippen molar-refractivity contribution in [2.45, 2.75) is 39.2 Å². The second-order valence-electron chi connectivity index (χ2n) is 7.68. The van der Waals surface area contributed by atoms with Crippen LogP contribution in [0.4, 0.5) is 0 Å². The molecule has 0 atom stereocenters. The monoisotopic (exact) mass is 387 g/mol. The Hall–Kier alpha value is -1.55. The van der Waals surface area contributed by atoms with Gasteiger partial charge in [0.25, 0.3) is 0 Å². The molecule has 2 aromatic rings. The van der Waals surface area contributed by atoms with Crippen LogP contribution in [0.15, 0.2) is 48.5 Å². The lowest BCUT2D eigenvalue weighted by Crippen LogP contribution is -2.42.